The van der Waals surface area contributed by atoms with Crippen LogP contribution < -0.4 is 0 Å². The molecule has 0 saturated carbocycles. The van der Waals surface area contributed by atoms with Gasteiger partial charge in [0.2, 0.25) is 0 Å². The molecule has 100 heavy (non-hydrogen) atoms. The minimum Gasteiger partial charge on any atom is -0.462 e. The number of ether oxygens (including phenoxy) is 4. The molecule has 0 aliphatic rings. The summed E-state index contributed by atoms with van der Waals surface area (Å²) in [5.41, 5.74) is 0. The molecule has 3 unspecified atom stereocenters. The number of phosphoric ester groups is 2. The number of aliphatic hydroxyl groups is 1. The summed E-state index contributed by atoms with van der Waals surface area (Å²) in [4.78, 5) is 73.0. The summed E-state index contributed by atoms with van der Waals surface area (Å²) in [7, 11) is -9.92. The van der Waals surface area contributed by atoms with Crippen LogP contribution in [0.2, 0.25) is 0 Å². The molecular formula is C81H158O17P2. The molecule has 6 atom stereocenters. The van der Waals surface area contributed by atoms with Crippen molar-refractivity contribution in [3.8, 4) is 0 Å². The molecule has 3 N–H and O–H groups in total. The molecule has 0 amide bonds. The summed E-state index contributed by atoms with van der Waals surface area (Å²) in [5.74, 6) is 0.174. The molecule has 0 rings (SSSR count). The molecule has 0 heterocycles. The van der Waals surface area contributed by atoms with Crippen molar-refractivity contribution in [3.05, 3.63) is 0 Å². The Morgan fingerprint density at radius 2 is 0.510 bits per heavy atom. The molecule has 0 aliphatic heterocycles. The van der Waals surface area contributed by atoms with Gasteiger partial charge in [0.25, 0.3) is 0 Å². The van der Waals surface area contributed by atoms with E-state index in [1.807, 2.05) is 0 Å². The Morgan fingerprint density at radius 3 is 0.760 bits per heavy atom. The Kier molecular flexibility index (Phi) is 69.9. The van der Waals surface area contributed by atoms with E-state index in [1.54, 1.807) is 0 Å². The molecule has 0 aromatic carbocycles. The fourth-order valence-electron chi connectivity index (χ4n) is 12.5. The molecular weight excluding hydrogens is 1310 g/mol. The fraction of sp³-hybridized carbons (Fsp3) is 0.951. The van der Waals surface area contributed by atoms with Gasteiger partial charge in [-0.05, 0) is 43.4 Å². The number of hydrogen-bond acceptors (Lipinski definition) is 15. The standard InChI is InChI=1S/C81H158O17P2/c1-8-10-11-12-13-14-15-16-17-18-19-20-21-22-25-31-36-41-50-57-64-80(85)97-76(68-91-78(83)62-55-48-40-35-30-26-23-24-28-33-38-45-52-59-72(3)4)70-95-99(87,88)93-66-75(82)67-94-100(89,90)96-71-77(69-92-79(84)63-56-49-44-43-47-54-61-74(7)9-2)98-81(86)65-58-51-42-37-32-27-29-34-39-46-53-60-73(5)6/h72-77,82H,8-71H2,1-7H3,(H,87,88)(H,89,90)/t74?,75-,76-,77-/m1/s1. The molecule has 0 fully saturated rings. The highest BCUT2D eigenvalue weighted by molar-refractivity contribution is 7.47. The predicted molar refractivity (Wildman–Crippen MR) is 409 cm³/mol. The van der Waals surface area contributed by atoms with Gasteiger partial charge in [-0.2, -0.15) is 0 Å². The third kappa shape index (κ3) is 73.0. The van der Waals surface area contributed by atoms with Crippen LogP contribution in [0.15, 0.2) is 0 Å². The van der Waals surface area contributed by atoms with Crippen LogP contribution in [0, 0.1) is 17.8 Å². The van der Waals surface area contributed by atoms with Gasteiger partial charge in [0.05, 0.1) is 26.4 Å². The van der Waals surface area contributed by atoms with E-state index in [1.165, 1.54) is 225 Å². The summed E-state index contributed by atoms with van der Waals surface area (Å²) in [6.45, 7) is 11.9. The van der Waals surface area contributed by atoms with Gasteiger partial charge in [0, 0.05) is 25.7 Å². The Bertz CT molecular complexity index is 1940. The van der Waals surface area contributed by atoms with E-state index in [-0.39, 0.29) is 25.7 Å². The first-order valence-electron chi connectivity index (χ1n) is 41.9. The van der Waals surface area contributed by atoms with Gasteiger partial charge in [-0.1, -0.05) is 370 Å². The first-order valence-corrected chi connectivity index (χ1v) is 44.9. The number of rotatable bonds is 79. The molecule has 0 radical (unpaired) electrons. The number of hydrogen-bond donors (Lipinski definition) is 3. The molecule has 0 aromatic heterocycles. The highest BCUT2D eigenvalue weighted by Crippen LogP contribution is 2.45. The van der Waals surface area contributed by atoms with Crippen LogP contribution in [-0.2, 0) is 65.4 Å². The zero-order chi connectivity index (χ0) is 73.7. The van der Waals surface area contributed by atoms with Gasteiger partial charge in [0.15, 0.2) is 12.2 Å². The second-order valence-electron chi connectivity index (χ2n) is 30.4. The highest BCUT2D eigenvalue weighted by Gasteiger charge is 2.30. The maximum Gasteiger partial charge on any atom is 0.472 e. The van der Waals surface area contributed by atoms with E-state index in [2.05, 4.69) is 48.5 Å². The lowest BCUT2D eigenvalue weighted by molar-refractivity contribution is -0.161. The van der Waals surface area contributed by atoms with Gasteiger partial charge < -0.3 is 33.8 Å². The van der Waals surface area contributed by atoms with Crippen molar-refractivity contribution in [2.45, 2.75) is 439 Å². The molecule has 0 saturated heterocycles. The molecule has 17 nitrogen and oxygen atoms in total. The molecule has 0 spiro atoms. The van der Waals surface area contributed by atoms with Gasteiger partial charge in [-0.15, -0.1) is 0 Å². The normalized spacial score (nSPS) is 14.2. The summed E-state index contributed by atoms with van der Waals surface area (Å²) in [6.07, 6.45) is 59.7. The number of carbonyl (C=O) groups excluding carboxylic acids is 4. The predicted octanol–water partition coefficient (Wildman–Crippen LogP) is 24.1. The number of unbranched alkanes of at least 4 members (excludes halogenated alkanes) is 46. The van der Waals surface area contributed by atoms with Crippen LogP contribution in [0.4, 0.5) is 0 Å². The van der Waals surface area contributed by atoms with E-state index >= 15 is 0 Å². The van der Waals surface area contributed by atoms with Gasteiger partial charge in [-0.3, -0.25) is 37.3 Å². The van der Waals surface area contributed by atoms with Crippen LogP contribution >= 0.6 is 15.6 Å². The Hall–Kier alpha value is -1.94. The van der Waals surface area contributed by atoms with Crippen molar-refractivity contribution >= 4 is 39.5 Å². The smallest absolute Gasteiger partial charge is 0.462 e. The van der Waals surface area contributed by atoms with Crippen LogP contribution in [0.5, 0.6) is 0 Å². The van der Waals surface area contributed by atoms with Crippen LogP contribution in [0.3, 0.4) is 0 Å². The Balaban J connectivity index is 5.24. The molecule has 594 valence electrons. The lowest BCUT2D eigenvalue weighted by Crippen LogP contribution is -2.30. The number of phosphoric acid groups is 2. The number of carbonyl (C=O) groups is 4. The maximum absolute atomic E-state index is 13.1. The number of aliphatic hydroxyl groups excluding tert-OH is 1. The van der Waals surface area contributed by atoms with Crippen molar-refractivity contribution in [1.29, 1.82) is 0 Å². The SMILES string of the molecule is CCCCCCCCCCCCCCCCCCCCCCC(=O)O[C@H](COC(=O)CCCCCCCCCCCCCCCC(C)C)COP(=O)(O)OC[C@@H](O)COP(=O)(O)OC[C@@H](COC(=O)CCCCCCCCC(C)CC)OC(=O)CCCCCCCCCCCCCC(C)C. The van der Waals surface area contributed by atoms with Crippen molar-refractivity contribution in [3.63, 3.8) is 0 Å². The second-order valence-corrected chi connectivity index (χ2v) is 33.3. The topological polar surface area (TPSA) is 237 Å². The van der Waals surface area contributed by atoms with Gasteiger partial charge in [-0.25, -0.2) is 9.13 Å². The van der Waals surface area contributed by atoms with Crippen molar-refractivity contribution < 1.29 is 80.2 Å². The molecule has 0 aliphatic carbocycles. The Morgan fingerprint density at radius 1 is 0.290 bits per heavy atom. The quantitative estimate of drug-likeness (QED) is 0.0222. The Labute approximate surface area is 613 Å². The molecule has 0 aromatic rings. The van der Waals surface area contributed by atoms with Crippen LogP contribution in [-0.4, -0.2) is 96.7 Å². The summed E-state index contributed by atoms with van der Waals surface area (Å²) >= 11 is 0. The average molecular weight is 1470 g/mol. The third-order valence-electron chi connectivity index (χ3n) is 19.2. The zero-order valence-corrected chi connectivity index (χ0v) is 67.5. The van der Waals surface area contributed by atoms with E-state index in [9.17, 15) is 43.2 Å². The third-order valence-corrected chi connectivity index (χ3v) is 21.1. The zero-order valence-electron chi connectivity index (χ0n) is 65.7. The van der Waals surface area contributed by atoms with Crippen molar-refractivity contribution in [2.24, 2.45) is 17.8 Å². The summed E-state index contributed by atoms with van der Waals surface area (Å²) in [6, 6.07) is 0. The first-order chi connectivity index (χ1) is 48.3. The largest absolute Gasteiger partial charge is 0.472 e. The minimum absolute atomic E-state index is 0.106. The maximum atomic E-state index is 13.1. The summed E-state index contributed by atoms with van der Waals surface area (Å²) in [5, 5.41) is 10.6. The minimum atomic E-state index is -4.96. The van der Waals surface area contributed by atoms with E-state index < -0.39 is 97.5 Å². The fourth-order valence-corrected chi connectivity index (χ4v) is 14.0. The first kappa shape index (κ1) is 98.1. The van der Waals surface area contributed by atoms with Gasteiger partial charge in [0.1, 0.15) is 19.3 Å². The average Bonchev–Trinajstić information content (AvgIpc) is 1.01. The number of esters is 4. The van der Waals surface area contributed by atoms with Crippen molar-refractivity contribution in [2.75, 3.05) is 39.6 Å². The molecule has 19 heteroatoms. The lowest BCUT2D eigenvalue weighted by atomic mass is 10.00. The van der Waals surface area contributed by atoms with Crippen LogP contribution in [0.25, 0.3) is 0 Å². The van der Waals surface area contributed by atoms with E-state index in [0.717, 1.165) is 114 Å². The van der Waals surface area contributed by atoms with Crippen LogP contribution in [0.1, 0.15) is 421 Å². The van der Waals surface area contributed by atoms with E-state index in [0.29, 0.717) is 25.7 Å². The van der Waals surface area contributed by atoms with E-state index in [4.69, 9.17) is 37.0 Å². The second kappa shape index (κ2) is 71.3. The summed E-state index contributed by atoms with van der Waals surface area (Å²) < 4.78 is 68.7. The van der Waals surface area contributed by atoms with Crippen molar-refractivity contribution in [1.82, 2.24) is 0 Å². The van der Waals surface area contributed by atoms with Gasteiger partial charge >= 0.3 is 39.5 Å². The highest BCUT2D eigenvalue weighted by atomic mass is 31.2. The monoisotopic (exact) mass is 1470 g/mol. The lowest BCUT2D eigenvalue weighted by Gasteiger charge is -2.21. The molecule has 0 bridgehead atoms.